The third-order valence-corrected chi connectivity index (χ3v) is 5.28. The Hall–Kier alpha value is -3.04. The summed E-state index contributed by atoms with van der Waals surface area (Å²) in [5.74, 6) is 1.66. The van der Waals surface area contributed by atoms with E-state index in [1.165, 1.54) is 18.4 Å². The van der Waals surface area contributed by atoms with E-state index in [9.17, 15) is 0 Å². The van der Waals surface area contributed by atoms with Crippen molar-refractivity contribution in [2.75, 3.05) is 33.8 Å². The molecular formula is C23H29N5O. The Labute approximate surface area is 173 Å². The van der Waals surface area contributed by atoms with Crippen LogP contribution in [0.5, 0.6) is 5.75 Å². The van der Waals surface area contributed by atoms with Crippen molar-refractivity contribution in [1.82, 2.24) is 15.5 Å². The van der Waals surface area contributed by atoms with Gasteiger partial charge in [0.15, 0.2) is 5.96 Å². The molecule has 0 amide bonds. The van der Waals surface area contributed by atoms with Gasteiger partial charge in [-0.05, 0) is 49.7 Å². The van der Waals surface area contributed by atoms with Crippen LogP contribution in [0.25, 0.3) is 0 Å². The molecule has 1 aliphatic rings. The van der Waals surface area contributed by atoms with E-state index in [4.69, 9.17) is 10.00 Å². The minimum atomic E-state index is 0.217. The first-order chi connectivity index (χ1) is 14.2. The van der Waals surface area contributed by atoms with Crippen LogP contribution in [0.1, 0.15) is 35.6 Å². The topological polar surface area (TPSA) is 72.7 Å². The number of nitriles is 1. The highest BCUT2D eigenvalue weighted by molar-refractivity contribution is 5.79. The molecule has 2 N–H and O–H groups in total. The third kappa shape index (κ3) is 5.49. The van der Waals surface area contributed by atoms with Gasteiger partial charge in [-0.15, -0.1) is 0 Å². The molecule has 1 fully saturated rings. The van der Waals surface area contributed by atoms with Crippen molar-refractivity contribution in [3.8, 4) is 11.8 Å². The molecule has 3 rings (SSSR count). The molecular weight excluding hydrogens is 362 g/mol. The van der Waals surface area contributed by atoms with Gasteiger partial charge in [-0.1, -0.05) is 30.3 Å². The van der Waals surface area contributed by atoms with Crippen molar-refractivity contribution in [2.24, 2.45) is 4.99 Å². The molecule has 2 aromatic carbocycles. The summed E-state index contributed by atoms with van der Waals surface area (Å²) in [6, 6.07) is 18.2. The van der Waals surface area contributed by atoms with Crippen molar-refractivity contribution in [1.29, 1.82) is 5.26 Å². The quantitative estimate of drug-likeness (QED) is 0.561. The Morgan fingerprint density at radius 1 is 1.17 bits per heavy atom. The summed E-state index contributed by atoms with van der Waals surface area (Å²) in [6.45, 7) is 3.53. The molecule has 6 heteroatoms. The van der Waals surface area contributed by atoms with Crippen LogP contribution in [-0.2, 0) is 6.54 Å². The second kappa shape index (κ2) is 10.5. The molecule has 0 spiro atoms. The average molecular weight is 392 g/mol. The average Bonchev–Trinajstić information content (AvgIpc) is 3.31. The van der Waals surface area contributed by atoms with E-state index in [-0.39, 0.29) is 6.04 Å². The molecule has 1 saturated heterocycles. The van der Waals surface area contributed by atoms with Crippen LogP contribution < -0.4 is 15.4 Å². The standard InChI is InChI=1S/C23H29N5O/c1-25-23(26-16-19-9-7-8-18(14-19)15-24)27-17-21(28-12-5-6-13-28)20-10-3-4-11-22(20)29-2/h3-4,7-11,14,21H,5-6,12-13,16-17H2,1-2H3,(H2,25,26,27). The number of para-hydroxylation sites is 1. The van der Waals surface area contributed by atoms with Gasteiger partial charge in [-0.25, -0.2) is 0 Å². The van der Waals surface area contributed by atoms with Gasteiger partial charge in [0.2, 0.25) is 0 Å². The molecule has 1 aliphatic heterocycles. The van der Waals surface area contributed by atoms with Crippen molar-refractivity contribution in [3.05, 3.63) is 65.2 Å². The number of likely N-dealkylation sites (tertiary alicyclic amines) is 1. The lowest BCUT2D eigenvalue weighted by molar-refractivity contribution is 0.239. The number of aliphatic imine (C=N–C) groups is 1. The lowest BCUT2D eigenvalue weighted by Gasteiger charge is -2.30. The second-order valence-corrected chi connectivity index (χ2v) is 7.12. The number of hydrogen-bond donors (Lipinski definition) is 2. The van der Waals surface area contributed by atoms with E-state index in [1.807, 2.05) is 36.4 Å². The summed E-state index contributed by atoms with van der Waals surface area (Å²) in [6.07, 6.45) is 2.46. The van der Waals surface area contributed by atoms with E-state index in [1.54, 1.807) is 14.2 Å². The first kappa shape index (κ1) is 20.7. The highest BCUT2D eigenvalue weighted by Crippen LogP contribution is 2.31. The number of guanidine groups is 1. The van der Waals surface area contributed by atoms with Crippen LogP contribution in [0.4, 0.5) is 0 Å². The number of rotatable bonds is 7. The van der Waals surface area contributed by atoms with Crippen LogP contribution in [0.3, 0.4) is 0 Å². The Bertz CT molecular complexity index is 868. The Morgan fingerprint density at radius 2 is 1.97 bits per heavy atom. The molecule has 0 aliphatic carbocycles. The fraction of sp³-hybridized carbons (Fsp3) is 0.391. The molecule has 0 aromatic heterocycles. The molecule has 0 radical (unpaired) electrons. The zero-order valence-corrected chi connectivity index (χ0v) is 17.2. The van der Waals surface area contributed by atoms with Crippen LogP contribution in [-0.4, -0.2) is 44.7 Å². The minimum Gasteiger partial charge on any atom is -0.496 e. The summed E-state index contributed by atoms with van der Waals surface area (Å²) in [5, 5.41) is 15.9. The Balaban J connectivity index is 1.66. The third-order valence-electron chi connectivity index (χ3n) is 5.28. The Kier molecular flexibility index (Phi) is 7.48. The van der Waals surface area contributed by atoms with E-state index in [0.717, 1.165) is 36.9 Å². The van der Waals surface area contributed by atoms with Crippen LogP contribution in [0, 0.1) is 11.3 Å². The monoisotopic (exact) mass is 391 g/mol. The number of nitrogens with zero attached hydrogens (tertiary/aromatic N) is 3. The van der Waals surface area contributed by atoms with E-state index >= 15 is 0 Å². The first-order valence-corrected chi connectivity index (χ1v) is 10.1. The van der Waals surface area contributed by atoms with E-state index < -0.39 is 0 Å². The van der Waals surface area contributed by atoms with Gasteiger partial charge in [-0.3, -0.25) is 9.89 Å². The predicted octanol–water partition coefficient (Wildman–Crippen LogP) is 3.07. The number of benzene rings is 2. The van der Waals surface area contributed by atoms with Gasteiger partial charge in [0, 0.05) is 25.7 Å². The van der Waals surface area contributed by atoms with Gasteiger partial charge in [0.1, 0.15) is 5.75 Å². The fourth-order valence-corrected chi connectivity index (χ4v) is 3.78. The maximum atomic E-state index is 9.06. The lowest BCUT2D eigenvalue weighted by atomic mass is 10.0. The molecule has 2 aromatic rings. The van der Waals surface area contributed by atoms with Crippen molar-refractivity contribution in [2.45, 2.75) is 25.4 Å². The van der Waals surface area contributed by atoms with Crippen LogP contribution in [0.2, 0.25) is 0 Å². The van der Waals surface area contributed by atoms with Crippen molar-refractivity contribution >= 4 is 5.96 Å². The maximum Gasteiger partial charge on any atom is 0.191 e. The number of nitrogens with one attached hydrogen (secondary N) is 2. The number of hydrogen-bond acceptors (Lipinski definition) is 4. The molecule has 29 heavy (non-hydrogen) atoms. The zero-order valence-electron chi connectivity index (χ0n) is 17.2. The lowest BCUT2D eigenvalue weighted by Crippen LogP contribution is -2.42. The largest absolute Gasteiger partial charge is 0.496 e. The van der Waals surface area contributed by atoms with Gasteiger partial charge >= 0.3 is 0 Å². The van der Waals surface area contributed by atoms with Crippen molar-refractivity contribution in [3.63, 3.8) is 0 Å². The summed E-state index contributed by atoms with van der Waals surface area (Å²) in [4.78, 5) is 6.87. The minimum absolute atomic E-state index is 0.217. The van der Waals surface area contributed by atoms with E-state index in [0.29, 0.717) is 12.1 Å². The predicted molar refractivity (Wildman–Crippen MR) is 116 cm³/mol. The molecule has 6 nitrogen and oxygen atoms in total. The van der Waals surface area contributed by atoms with E-state index in [2.05, 4.69) is 38.7 Å². The molecule has 1 unspecified atom stereocenters. The molecule has 1 heterocycles. The molecule has 0 saturated carbocycles. The van der Waals surface area contributed by atoms with Crippen molar-refractivity contribution < 1.29 is 4.74 Å². The smallest absolute Gasteiger partial charge is 0.191 e. The first-order valence-electron chi connectivity index (χ1n) is 10.1. The Morgan fingerprint density at radius 3 is 2.69 bits per heavy atom. The SMILES string of the molecule is CN=C(NCc1cccc(C#N)c1)NCC(c1ccccc1OC)N1CCCC1. The molecule has 152 valence electrons. The normalized spacial score (nSPS) is 15.6. The fourth-order valence-electron chi connectivity index (χ4n) is 3.78. The summed E-state index contributed by atoms with van der Waals surface area (Å²) < 4.78 is 5.62. The van der Waals surface area contributed by atoms with Gasteiger partial charge in [0.25, 0.3) is 0 Å². The highest BCUT2D eigenvalue weighted by Gasteiger charge is 2.26. The van der Waals surface area contributed by atoms with Gasteiger partial charge in [0.05, 0.1) is 24.8 Å². The molecule has 0 bridgehead atoms. The van der Waals surface area contributed by atoms with Crippen LogP contribution in [0.15, 0.2) is 53.5 Å². The summed E-state index contributed by atoms with van der Waals surface area (Å²) in [7, 11) is 3.50. The van der Waals surface area contributed by atoms with Crippen LogP contribution >= 0.6 is 0 Å². The van der Waals surface area contributed by atoms with Gasteiger partial charge < -0.3 is 15.4 Å². The second-order valence-electron chi connectivity index (χ2n) is 7.12. The summed E-state index contributed by atoms with van der Waals surface area (Å²) in [5.41, 5.74) is 2.91. The highest BCUT2D eigenvalue weighted by atomic mass is 16.5. The number of ether oxygens (including phenoxy) is 1. The summed E-state index contributed by atoms with van der Waals surface area (Å²) >= 11 is 0. The molecule has 1 atom stereocenters. The zero-order chi connectivity index (χ0) is 20.5. The number of methoxy groups -OCH3 is 1. The maximum absolute atomic E-state index is 9.06. The van der Waals surface area contributed by atoms with Gasteiger partial charge in [-0.2, -0.15) is 5.26 Å².